The number of hydrogen-bond donors (Lipinski definition) is 1. The van der Waals surface area contributed by atoms with Crippen LogP contribution in [0.1, 0.15) is 61.6 Å². The Kier molecular flexibility index (Phi) is 6.39. The van der Waals surface area contributed by atoms with Crippen LogP contribution in [-0.4, -0.2) is 52.0 Å². The molecule has 2 amide bonds. The van der Waals surface area contributed by atoms with Crippen molar-refractivity contribution in [2.45, 2.75) is 39.7 Å². The first-order valence-electron chi connectivity index (χ1n) is 10.9. The van der Waals surface area contributed by atoms with E-state index in [-0.39, 0.29) is 17.7 Å². The van der Waals surface area contributed by atoms with Crippen LogP contribution in [0.4, 0.5) is 0 Å². The standard InChI is InChI=1S/C24H27N5O4/c1-14-20(23(30)25-4)11-26-22(27-14)18-9-10-29(12-18)24(31)17-5-7-19(8-6-17)32-13-21-15(2)28-33-16(21)3/h5-8,11,18H,9-10,12-13H2,1-4H3,(H,25,30)/t18-/m1/s1. The van der Waals surface area contributed by atoms with Gasteiger partial charge in [0.2, 0.25) is 0 Å². The average molecular weight is 450 g/mol. The second-order valence-electron chi connectivity index (χ2n) is 8.16. The molecule has 172 valence electrons. The van der Waals surface area contributed by atoms with Gasteiger partial charge in [0.25, 0.3) is 11.8 Å². The maximum absolute atomic E-state index is 13.0. The Balaban J connectivity index is 1.37. The van der Waals surface area contributed by atoms with Crippen LogP contribution in [0.3, 0.4) is 0 Å². The van der Waals surface area contributed by atoms with Gasteiger partial charge in [-0.2, -0.15) is 0 Å². The quantitative estimate of drug-likeness (QED) is 0.616. The molecule has 9 heteroatoms. The second kappa shape index (κ2) is 9.40. The van der Waals surface area contributed by atoms with E-state index in [1.165, 1.54) is 0 Å². The molecule has 4 rings (SSSR count). The lowest BCUT2D eigenvalue weighted by Gasteiger charge is -2.17. The Morgan fingerprint density at radius 3 is 2.58 bits per heavy atom. The Morgan fingerprint density at radius 1 is 1.18 bits per heavy atom. The monoisotopic (exact) mass is 449 g/mol. The zero-order valence-corrected chi connectivity index (χ0v) is 19.2. The fourth-order valence-electron chi connectivity index (χ4n) is 3.93. The van der Waals surface area contributed by atoms with Gasteiger partial charge in [-0.1, -0.05) is 5.16 Å². The zero-order chi connectivity index (χ0) is 23.5. The van der Waals surface area contributed by atoms with Crippen LogP contribution >= 0.6 is 0 Å². The first-order valence-corrected chi connectivity index (χ1v) is 10.9. The zero-order valence-electron chi connectivity index (χ0n) is 19.2. The van der Waals surface area contributed by atoms with Crippen LogP contribution in [0.25, 0.3) is 0 Å². The number of nitrogens with zero attached hydrogens (tertiary/aromatic N) is 4. The summed E-state index contributed by atoms with van der Waals surface area (Å²) in [5, 5.41) is 6.51. The molecule has 0 radical (unpaired) electrons. The number of benzene rings is 1. The van der Waals surface area contributed by atoms with Crippen molar-refractivity contribution in [1.82, 2.24) is 25.3 Å². The molecule has 1 fully saturated rings. The highest BCUT2D eigenvalue weighted by molar-refractivity contribution is 5.95. The summed E-state index contributed by atoms with van der Waals surface area (Å²) in [7, 11) is 1.58. The minimum atomic E-state index is -0.207. The van der Waals surface area contributed by atoms with Crippen LogP contribution in [0, 0.1) is 20.8 Å². The van der Waals surface area contributed by atoms with Crippen molar-refractivity contribution in [1.29, 1.82) is 0 Å². The highest BCUT2D eigenvalue weighted by Crippen LogP contribution is 2.27. The Labute approximate surface area is 192 Å². The number of likely N-dealkylation sites (tertiary alicyclic amines) is 1. The smallest absolute Gasteiger partial charge is 0.254 e. The van der Waals surface area contributed by atoms with E-state index >= 15 is 0 Å². The van der Waals surface area contributed by atoms with E-state index in [1.807, 2.05) is 18.7 Å². The summed E-state index contributed by atoms with van der Waals surface area (Å²) >= 11 is 0. The minimum absolute atomic E-state index is 0.0338. The molecule has 0 bridgehead atoms. The number of rotatable bonds is 6. The summed E-state index contributed by atoms with van der Waals surface area (Å²) in [6, 6.07) is 7.14. The molecule has 0 saturated carbocycles. The highest BCUT2D eigenvalue weighted by Gasteiger charge is 2.30. The molecular weight excluding hydrogens is 422 g/mol. The number of carbonyl (C=O) groups excluding carboxylic acids is 2. The Bertz CT molecular complexity index is 1150. The molecule has 0 spiro atoms. The van der Waals surface area contributed by atoms with Gasteiger partial charge >= 0.3 is 0 Å². The van der Waals surface area contributed by atoms with Crippen molar-refractivity contribution in [2.24, 2.45) is 0 Å². The first-order chi connectivity index (χ1) is 15.9. The lowest BCUT2D eigenvalue weighted by atomic mass is 10.1. The van der Waals surface area contributed by atoms with E-state index in [0.717, 1.165) is 23.4 Å². The summed E-state index contributed by atoms with van der Waals surface area (Å²) in [6.45, 7) is 7.06. The summed E-state index contributed by atoms with van der Waals surface area (Å²) in [4.78, 5) is 35.6. The summed E-state index contributed by atoms with van der Waals surface area (Å²) in [6.07, 6.45) is 2.34. The molecule has 9 nitrogen and oxygen atoms in total. The third kappa shape index (κ3) is 4.72. The lowest BCUT2D eigenvalue weighted by molar-refractivity contribution is 0.0790. The molecule has 3 heterocycles. The van der Waals surface area contributed by atoms with Crippen LogP contribution in [-0.2, 0) is 6.61 Å². The molecule has 0 unspecified atom stereocenters. The maximum atomic E-state index is 13.0. The number of aryl methyl sites for hydroxylation is 3. The van der Waals surface area contributed by atoms with Gasteiger partial charge in [-0.05, 0) is 51.5 Å². The molecular formula is C24H27N5O4. The van der Waals surface area contributed by atoms with Crippen molar-refractivity contribution >= 4 is 11.8 Å². The van der Waals surface area contributed by atoms with Gasteiger partial charge in [0.15, 0.2) is 0 Å². The summed E-state index contributed by atoms with van der Waals surface area (Å²) in [5.74, 6) is 1.88. The number of amides is 2. The lowest BCUT2D eigenvalue weighted by Crippen LogP contribution is -2.28. The normalized spacial score (nSPS) is 15.5. The van der Waals surface area contributed by atoms with E-state index in [9.17, 15) is 9.59 Å². The van der Waals surface area contributed by atoms with Crippen molar-refractivity contribution in [2.75, 3.05) is 20.1 Å². The molecule has 1 aliphatic heterocycles. The predicted octanol–water partition coefficient (Wildman–Crippen LogP) is 2.96. The molecule has 33 heavy (non-hydrogen) atoms. The SMILES string of the molecule is CNC(=O)c1cnc([C@@H]2CCN(C(=O)c3ccc(OCc4c(C)noc4C)cc3)C2)nc1C. The third-order valence-corrected chi connectivity index (χ3v) is 5.98. The maximum Gasteiger partial charge on any atom is 0.254 e. The van der Waals surface area contributed by atoms with Crippen LogP contribution in [0.15, 0.2) is 35.0 Å². The number of carbonyl (C=O) groups is 2. The average Bonchev–Trinajstić information content (AvgIpc) is 3.44. The fourth-order valence-corrected chi connectivity index (χ4v) is 3.93. The van der Waals surface area contributed by atoms with E-state index in [2.05, 4.69) is 20.4 Å². The molecule has 2 aromatic heterocycles. The fraction of sp³-hybridized carbons (Fsp3) is 0.375. The first kappa shape index (κ1) is 22.4. The van der Waals surface area contributed by atoms with Gasteiger partial charge in [0.05, 0.1) is 22.5 Å². The number of ether oxygens (including phenoxy) is 1. The van der Waals surface area contributed by atoms with Gasteiger partial charge in [-0.25, -0.2) is 9.97 Å². The summed E-state index contributed by atoms with van der Waals surface area (Å²) in [5.41, 5.74) is 3.44. The third-order valence-electron chi connectivity index (χ3n) is 5.98. The summed E-state index contributed by atoms with van der Waals surface area (Å²) < 4.78 is 11.0. The largest absolute Gasteiger partial charge is 0.489 e. The van der Waals surface area contributed by atoms with Crippen LogP contribution in [0.2, 0.25) is 0 Å². The van der Waals surface area contributed by atoms with Crippen LogP contribution < -0.4 is 10.1 Å². The molecule has 0 aliphatic carbocycles. The molecule has 1 aliphatic rings. The molecule has 1 aromatic carbocycles. The topological polar surface area (TPSA) is 110 Å². The molecule has 1 saturated heterocycles. The van der Waals surface area contributed by atoms with Gasteiger partial charge in [-0.15, -0.1) is 0 Å². The van der Waals surface area contributed by atoms with Gasteiger partial charge in [0, 0.05) is 37.8 Å². The van der Waals surface area contributed by atoms with Crippen molar-refractivity contribution in [3.8, 4) is 5.75 Å². The Morgan fingerprint density at radius 2 is 1.94 bits per heavy atom. The van der Waals surface area contributed by atoms with Crippen molar-refractivity contribution in [3.05, 3.63) is 70.1 Å². The van der Waals surface area contributed by atoms with Gasteiger partial charge in [-0.3, -0.25) is 9.59 Å². The Hall–Kier alpha value is -3.75. The van der Waals surface area contributed by atoms with E-state index in [1.54, 1.807) is 44.4 Å². The van der Waals surface area contributed by atoms with Gasteiger partial charge < -0.3 is 19.5 Å². The molecule has 1 atom stereocenters. The second-order valence-corrected chi connectivity index (χ2v) is 8.16. The number of aromatic nitrogens is 3. The van der Waals surface area contributed by atoms with E-state index in [0.29, 0.717) is 48.1 Å². The number of hydrogen-bond acceptors (Lipinski definition) is 7. The van der Waals surface area contributed by atoms with Crippen molar-refractivity contribution < 1.29 is 18.8 Å². The van der Waals surface area contributed by atoms with Crippen molar-refractivity contribution in [3.63, 3.8) is 0 Å². The minimum Gasteiger partial charge on any atom is -0.489 e. The highest BCUT2D eigenvalue weighted by atomic mass is 16.5. The van der Waals surface area contributed by atoms with Crippen LogP contribution in [0.5, 0.6) is 5.75 Å². The number of nitrogens with one attached hydrogen (secondary N) is 1. The predicted molar refractivity (Wildman–Crippen MR) is 120 cm³/mol. The van der Waals surface area contributed by atoms with Gasteiger partial charge in [0.1, 0.15) is 23.9 Å². The molecule has 3 aromatic rings. The van der Waals surface area contributed by atoms with E-state index in [4.69, 9.17) is 9.26 Å². The van der Waals surface area contributed by atoms with E-state index < -0.39 is 0 Å². The molecule has 1 N–H and O–H groups in total.